The maximum Gasteiger partial charge on any atom is 0.123 e. The monoisotopic (exact) mass is 299 g/mol. The number of fused-ring (bicyclic) bond motifs is 1. The smallest absolute Gasteiger partial charge is 0.123 e. The van der Waals surface area contributed by atoms with Crippen LogP contribution in [-0.2, 0) is 0 Å². The molecule has 0 fully saturated rings. The Morgan fingerprint density at radius 2 is 1.95 bits per heavy atom. The van der Waals surface area contributed by atoms with Crippen molar-refractivity contribution in [2.75, 3.05) is 6.61 Å². The number of halogens is 1. The Labute approximate surface area is 128 Å². The van der Waals surface area contributed by atoms with Crippen LogP contribution < -0.4 is 0 Å². The molecule has 4 heteroatoms. The van der Waals surface area contributed by atoms with Crippen molar-refractivity contribution in [3.63, 3.8) is 0 Å². The molecule has 1 heterocycles. The van der Waals surface area contributed by atoms with Crippen LogP contribution in [0.5, 0.6) is 0 Å². The molecule has 2 aromatic carbocycles. The highest BCUT2D eigenvalue weighted by Gasteiger charge is 2.24. The fourth-order valence-corrected chi connectivity index (χ4v) is 2.88. The lowest BCUT2D eigenvalue weighted by Crippen LogP contribution is -2.28. The normalized spacial score (nSPS) is 14.2. The highest BCUT2D eigenvalue weighted by atomic mass is 19.1. The first-order valence-electron chi connectivity index (χ1n) is 7.22. The summed E-state index contributed by atoms with van der Waals surface area (Å²) in [7, 11) is 0. The largest absolute Gasteiger partial charge is 0.394 e. The molecule has 0 radical (unpaired) electrons. The van der Waals surface area contributed by atoms with E-state index in [9.17, 15) is 14.6 Å². The minimum absolute atomic E-state index is 0.361. The molecule has 0 amide bonds. The Bertz CT molecular complexity index is 797. The van der Waals surface area contributed by atoms with Gasteiger partial charge in [-0.2, -0.15) is 0 Å². The summed E-state index contributed by atoms with van der Waals surface area (Å²) < 4.78 is 15.4. The molecule has 3 aromatic rings. The van der Waals surface area contributed by atoms with Crippen LogP contribution in [0.2, 0.25) is 0 Å². The predicted molar refractivity (Wildman–Crippen MR) is 84.3 cm³/mol. The molecule has 0 saturated heterocycles. The Morgan fingerprint density at radius 1 is 1.14 bits per heavy atom. The van der Waals surface area contributed by atoms with E-state index in [-0.39, 0.29) is 5.82 Å². The van der Waals surface area contributed by atoms with Crippen molar-refractivity contribution < 1.29 is 14.6 Å². The number of rotatable bonds is 4. The fraction of sp³-hybridized carbons (Fsp3) is 0.222. The summed E-state index contributed by atoms with van der Waals surface area (Å²) in [6.07, 6.45) is 0.845. The van der Waals surface area contributed by atoms with Crippen LogP contribution >= 0.6 is 0 Å². The van der Waals surface area contributed by atoms with E-state index in [4.69, 9.17) is 0 Å². The van der Waals surface area contributed by atoms with Crippen molar-refractivity contribution in [1.82, 2.24) is 4.57 Å². The average Bonchev–Trinajstić information content (AvgIpc) is 2.90. The maximum absolute atomic E-state index is 13.5. The zero-order chi connectivity index (χ0) is 15.7. The predicted octanol–water partition coefficient (Wildman–Crippen LogP) is 3.03. The third-order valence-corrected chi connectivity index (χ3v) is 3.92. The first kappa shape index (κ1) is 14.8. The zero-order valence-corrected chi connectivity index (χ0v) is 12.3. The lowest BCUT2D eigenvalue weighted by molar-refractivity contribution is 0.0653. The molecule has 0 saturated carbocycles. The van der Waals surface area contributed by atoms with E-state index < -0.39 is 18.8 Å². The quantitative estimate of drug-likeness (QED) is 0.778. The van der Waals surface area contributed by atoms with Crippen LogP contribution in [0.25, 0.3) is 10.9 Å². The lowest BCUT2D eigenvalue weighted by atomic mass is 10.0. The van der Waals surface area contributed by atoms with Crippen molar-refractivity contribution in [2.45, 2.75) is 19.1 Å². The Morgan fingerprint density at radius 3 is 2.68 bits per heavy atom. The van der Waals surface area contributed by atoms with E-state index in [1.165, 1.54) is 12.1 Å². The standard InChI is InChI=1S/C18H18FNO2/c1-12-5-6-16-13(9-12)7-8-20(16)18(17(22)11-21)14-3-2-4-15(19)10-14/h2-10,17-18,21-22H,11H2,1H3/t17-,18+/m1/s1. The molecule has 22 heavy (non-hydrogen) atoms. The highest BCUT2D eigenvalue weighted by Crippen LogP contribution is 2.28. The second-order valence-electron chi connectivity index (χ2n) is 5.54. The summed E-state index contributed by atoms with van der Waals surface area (Å²) in [5.41, 5.74) is 2.71. The Balaban J connectivity index is 2.16. The van der Waals surface area contributed by atoms with Gasteiger partial charge < -0.3 is 14.8 Å². The molecule has 3 nitrogen and oxygen atoms in total. The number of aliphatic hydroxyl groups is 2. The minimum atomic E-state index is -1.02. The van der Waals surface area contributed by atoms with Crippen LogP contribution in [0, 0.1) is 12.7 Å². The molecule has 0 bridgehead atoms. The van der Waals surface area contributed by atoms with Crippen LogP contribution in [-0.4, -0.2) is 27.5 Å². The number of nitrogens with zero attached hydrogens (tertiary/aromatic N) is 1. The maximum atomic E-state index is 13.5. The second-order valence-corrected chi connectivity index (χ2v) is 5.54. The summed E-state index contributed by atoms with van der Waals surface area (Å²) in [6.45, 7) is 1.62. The minimum Gasteiger partial charge on any atom is -0.394 e. The van der Waals surface area contributed by atoms with Gasteiger partial charge in [-0.05, 0) is 48.2 Å². The summed E-state index contributed by atoms with van der Waals surface area (Å²) in [6, 6.07) is 13.6. The van der Waals surface area contributed by atoms with Gasteiger partial charge in [0.2, 0.25) is 0 Å². The molecule has 114 valence electrons. The summed E-state index contributed by atoms with van der Waals surface area (Å²) >= 11 is 0. The summed E-state index contributed by atoms with van der Waals surface area (Å²) in [5, 5.41) is 20.7. The van der Waals surface area contributed by atoms with Gasteiger partial charge in [-0.25, -0.2) is 4.39 Å². The highest BCUT2D eigenvalue weighted by molar-refractivity contribution is 5.81. The zero-order valence-electron chi connectivity index (χ0n) is 12.3. The molecule has 0 aliphatic rings. The van der Waals surface area contributed by atoms with Gasteiger partial charge in [0.05, 0.1) is 12.6 Å². The van der Waals surface area contributed by atoms with Gasteiger partial charge in [-0.3, -0.25) is 0 Å². The third kappa shape index (κ3) is 2.63. The van der Waals surface area contributed by atoms with E-state index in [2.05, 4.69) is 6.07 Å². The van der Waals surface area contributed by atoms with Gasteiger partial charge in [0.15, 0.2) is 0 Å². The lowest BCUT2D eigenvalue weighted by Gasteiger charge is -2.25. The van der Waals surface area contributed by atoms with Gasteiger partial charge in [-0.1, -0.05) is 23.8 Å². The topological polar surface area (TPSA) is 45.4 Å². The van der Waals surface area contributed by atoms with E-state index >= 15 is 0 Å². The molecule has 0 aliphatic heterocycles. The summed E-state index contributed by atoms with van der Waals surface area (Å²) in [5.74, 6) is -0.361. The van der Waals surface area contributed by atoms with Gasteiger partial charge in [0.25, 0.3) is 0 Å². The molecule has 0 spiro atoms. The molecular weight excluding hydrogens is 281 g/mol. The number of aliphatic hydroxyl groups excluding tert-OH is 2. The van der Waals surface area contributed by atoms with E-state index in [1.807, 2.05) is 35.9 Å². The van der Waals surface area contributed by atoms with E-state index in [0.29, 0.717) is 5.56 Å². The van der Waals surface area contributed by atoms with Crippen LogP contribution in [0.3, 0.4) is 0 Å². The van der Waals surface area contributed by atoms with Crippen molar-refractivity contribution >= 4 is 10.9 Å². The Hall–Kier alpha value is -2.17. The van der Waals surface area contributed by atoms with Gasteiger partial charge >= 0.3 is 0 Å². The van der Waals surface area contributed by atoms with Crippen LogP contribution in [0.4, 0.5) is 4.39 Å². The average molecular weight is 299 g/mol. The second kappa shape index (κ2) is 5.91. The molecule has 1 aromatic heterocycles. The van der Waals surface area contributed by atoms with E-state index in [0.717, 1.165) is 16.5 Å². The first-order valence-corrected chi connectivity index (χ1v) is 7.22. The van der Waals surface area contributed by atoms with Crippen molar-refractivity contribution in [2.24, 2.45) is 0 Å². The number of aromatic nitrogens is 1. The molecule has 3 rings (SSSR count). The summed E-state index contributed by atoms with van der Waals surface area (Å²) in [4.78, 5) is 0. The van der Waals surface area contributed by atoms with Gasteiger partial charge in [0, 0.05) is 11.7 Å². The first-order chi connectivity index (χ1) is 10.6. The number of hydrogen-bond acceptors (Lipinski definition) is 2. The molecule has 0 unspecified atom stereocenters. The van der Waals surface area contributed by atoms with E-state index in [1.54, 1.807) is 12.1 Å². The van der Waals surface area contributed by atoms with Crippen molar-refractivity contribution in [3.8, 4) is 0 Å². The Kier molecular flexibility index (Phi) is 3.96. The van der Waals surface area contributed by atoms with Crippen molar-refractivity contribution in [3.05, 3.63) is 71.7 Å². The van der Waals surface area contributed by atoms with Crippen LogP contribution in [0.15, 0.2) is 54.7 Å². The number of hydrogen-bond donors (Lipinski definition) is 2. The SMILES string of the molecule is Cc1ccc2c(ccn2[C@@H](c2cccc(F)c2)[C@H](O)CO)c1. The fourth-order valence-electron chi connectivity index (χ4n) is 2.88. The molecular formula is C18H18FNO2. The van der Waals surface area contributed by atoms with Gasteiger partial charge in [0.1, 0.15) is 11.9 Å². The van der Waals surface area contributed by atoms with Gasteiger partial charge in [-0.15, -0.1) is 0 Å². The van der Waals surface area contributed by atoms with Crippen molar-refractivity contribution in [1.29, 1.82) is 0 Å². The third-order valence-electron chi connectivity index (χ3n) is 3.92. The molecule has 0 aliphatic carbocycles. The van der Waals surface area contributed by atoms with Crippen LogP contribution in [0.1, 0.15) is 17.2 Å². The molecule has 2 atom stereocenters. The number of aryl methyl sites for hydroxylation is 1. The molecule has 2 N–H and O–H groups in total. The number of benzene rings is 2.